The largest absolute Gasteiger partial charge is 0.384 e. The van der Waals surface area contributed by atoms with Gasteiger partial charge in [-0.15, -0.1) is 0 Å². The summed E-state index contributed by atoms with van der Waals surface area (Å²) >= 11 is 0. The zero-order chi connectivity index (χ0) is 24.1. The monoisotopic (exact) mass is 462 g/mol. The molecule has 0 saturated carbocycles. The molecule has 178 valence electrons. The van der Waals surface area contributed by atoms with Crippen molar-refractivity contribution >= 4 is 11.6 Å². The highest BCUT2D eigenvalue weighted by molar-refractivity contribution is 6.01. The number of aromatic nitrogens is 2. The Morgan fingerprint density at radius 2 is 1.71 bits per heavy atom. The van der Waals surface area contributed by atoms with Crippen LogP contribution in [-0.4, -0.2) is 45.6 Å². The molecule has 2 N–H and O–H groups in total. The van der Waals surface area contributed by atoms with Crippen molar-refractivity contribution in [2.75, 3.05) is 25.4 Å². The molecule has 1 fully saturated rings. The van der Waals surface area contributed by atoms with Gasteiger partial charge in [0.1, 0.15) is 11.4 Å². The summed E-state index contributed by atoms with van der Waals surface area (Å²) in [5.41, 5.74) is 6.81. The van der Waals surface area contributed by atoms with Crippen LogP contribution in [0.4, 0.5) is 5.82 Å². The van der Waals surface area contributed by atoms with Gasteiger partial charge in [-0.25, -0.2) is 4.79 Å². The van der Waals surface area contributed by atoms with Crippen molar-refractivity contribution in [2.24, 2.45) is 7.05 Å². The van der Waals surface area contributed by atoms with Crippen LogP contribution in [0.15, 0.2) is 70.3 Å². The summed E-state index contributed by atoms with van der Waals surface area (Å²) in [6.07, 6.45) is 1.98. The number of hydrogen-bond acceptors (Lipinski definition) is 6. The molecular formula is C26H30N4O4. The molecule has 0 amide bonds. The third-order valence-electron chi connectivity index (χ3n) is 6.15. The van der Waals surface area contributed by atoms with Gasteiger partial charge in [-0.05, 0) is 24.0 Å². The highest BCUT2D eigenvalue weighted by Crippen LogP contribution is 2.17. The maximum atomic E-state index is 13.4. The van der Waals surface area contributed by atoms with Crippen molar-refractivity contribution in [3.05, 3.63) is 98.2 Å². The molecule has 2 aromatic carbocycles. The van der Waals surface area contributed by atoms with Gasteiger partial charge >= 0.3 is 5.69 Å². The normalized spacial score (nSPS) is 15.6. The molecule has 1 aliphatic heterocycles. The number of nitrogens with two attached hydrogens (primary N) is 1. The topological polar surface area (TPSA) is 99.6 Å². The second-order valence-corrected chi connectivity index (χ2v) is 8.69. The van der Waals surface area contributed by atoms with E-state index in [1.807, 2.05) is 65.6 Å². The number of benzene rings is 2. The number of carbonyl (C=O) groups is 1. The Morgan fingerprint density at radius 1 is 1.06 bits per heavy atom. The van der Waals surface area contributed by atoms with Crippen molar-refractivity contribution < 1.29 is 9.53 Å². The molecule has 0 aliphatic carbocycles. The van der Waals surface area contributed by atoms with Crippen molar-refractivity contribution in [1.82, 2.24) is 14.0 Å². The van der Waals surface area contributed by atoms with Crippen LogP contribution in [0.5, 0.6) is 0 Å². The Bertz CT molecular complexity index is 1250. The number of ketones is 1. The SMILES string of the molecule is Cn1c(=O)c(C(=O)CN(Cc2ccccc2)CC2CCCO2)c(N)n(Cc2ccccc2)c1=O. The fourth-order valence-corrected chi connectivity index (χ4v) is 4.35. The van der Waals surface area contributed by atoms with E-state index in [4.69, 9.17) is 10.5 Å². The summed E-state index contributed by atoms with van der Waals surface area (Å²) in [6, 6.07) is 19.2. The number of carbonyl (C=O) groups excluding carboxylic acids is 1. The van der Waals surface area contributed by atoms with Crippen LogP contribution in [-0.2, 0) is 24.9 Å². The second-order valence-electron chi connectivity index (χ2n) is 8.69. The summed E-state index contributed by atoms with van der Waals surface area (Å²) < 4.78 is 8.02. The number of ether oxygens (including phenoxy) is 1. The summed E-state index contributed by atoms with van der Waals surface area (Å²) in [4.78, 5) is 41.2. The Morgan fingerprint density at radius 3 is 2.32 bits per heavy atom. The lowest BCUT2D eigenvalue weighted by atomic mass is 10.1. The molecule has 4 rings (SSSR count). The number of rotatable bonds is 9. The molecule has 3 aromatic rings. The molecule has 8 heteroatoms. The Kier molecular flexibility index (Phi) is 7.40. The van der Waals surface area contributed by atoms with Crippen LogP contribution >= 0.6 is 0 Å². The van der Waals surface area contributed by atoms with Gasteiger partial charge in [-0.3, -0.25) is 23.6 Å². The molecular weight excluding hydrogens is 432 g/mol. The molecule has 1 aromatic heterocycles. The van der Waals surface area contributed by atoms with Crippen LogP contribution in [0.1, 0.15) is 34.3 Å². The van der Waals surface area contributed by atoms with E-state index in [0.717, 1.165) is 35.1 Å². The molecule has 1 unspecified atom stereocenters. The van der Waals surface area contributed by atoms with Gasteiger partial charge in [-0.2, -0.15) is 0 Å². The summed E-state index contributed by atoms with van der Waals surface area (Å²) in [7, 11) is 1.37. The van der Waals surface area contributed by atoms with Crippen molar-refractivity contribution in [2.45, 2.75) is 32.0 Å². The molecule has 34 heavy (non-hydrogen) atoms. The third kappa shape index (κ3) is 5.35. The standard InChI is InChI=1S/C26H30N4O4/c1-28-25(32)23(24(27)30(26(28)33)16-20-11-6-3-7-12-20)22(31)18-29(17-21-13-8-14-34-21)15-19-9-4-2-5-10-19/h2-7,9-12,21H,8,13-18,27H2,1H3. The first-order valence-electron chi connectivity index (χ1n) is 11.5. The van der Waals surface area contributed by atoms with Crippen LogP contribution in [0.3, 0.4) is 0 Å². The van der Waals surface area contributed by atoms with E-state index in [0.29, 0.717) is 13.1 Å². The van der Waals surface area contributed by atoms with Gasteiger partial charge in [0.05, 0.1) is 19.2 Å². The van der Waals surface area contributed by atoms with E-state index in [1.165, 1.54) is 11.6 Å². The smallest absolute Gasteiger partial charge is 0.332 e. The minimum Gasteiger partial charge on any atom is -0.384 e. The van der Waals surface area contributed by atoms with Crippen molar-refractivity contribution in [3.63, 3.8) is 0 Å². The maximum Gasteiger partial charge on any atom is 0.332 e. The van der Waals surface area contributed by atoms with E-state index < -0.39 is 17.0 Å². The fourth-order valence-electron chi connectivity index (χ4n) is 4.35. The second kappa shape index (κ2) is 10.6. The molecule has 0 bridgehead atoms. The fraction of sp³-hybridized carbons (Fsp3) is 0.346. The predicted molar refractivity (Wildman–Crippen MR) is 131 cm³/mol. The minimum atomic E-state index is -0.673. The van der Waals surface area contributed by atoms with E-state index in [1.54, 1.807) is 0 Å². The molecule has 1 aliphatic rings. The van der Waals surface area contributed by atoms with E-state index >= 15 is 0 Å². The van der Waals surface area contributed by atoms with Crippen LogP contribution in [0, 0.1) is 0 Å². The molecule has 2 heterocycles. The van der Waals surface area contributed by atoms with Crippen molar-refractivity contribution in [1.29, 1.82) is 0 Å². The number of Topliss-reactive ketones (excluding diaryl/α,β-unsaturated/α-hetero) is 1. The lowest BCUT2D eigenvalue weighted by molar-refractivity contribution is 0.0649. The molecule has 8 nitrogen and oxygen atoms in total. The summed E-state index contributed by atoms with van der Waals surface area (Å²) in [6.45, 7) is 2.00. The maximum absolute atomic E-state index is 13.4. The lowest BCUT2D eigenvalue weighted by Gasteiger charge is -2.25. The first kappa shape index (κ1) is 23.7. The number of nitrogen functional groups attached to an aromatic ring is 1. The quantitative estimate of drug-likeness (QED) is 0.489. The zero-order valence-corrected chi connectivity index (χ0v) is 19.4. The molecule has 1 saturated heterocycles. The summed E-state index contributed by atoms with van der Waals surface area (Å²) in [5.74, 6) is -0.507. The zero-order valence-electron chi connectivity index (χ0n) is 19.4. The third-order valence-corrected chi connectivity index (χ3v) is 6.15. The first-order chi connectivity index (χ1) is 16.4. The minimum absolute atomic E-state index is 0.00225. The van der Waals surface area contributed by atoms with Gasteiger partial charge in [0.25, 0.3) is 5.56 Å². The molecule has 0 spiro atoms. The predicted octanol–water partition coefficient (Wildman–Crippen LogP) is 2.04. The lowest BCUT2D eigenvalue weighted by Crippen LogP contribution is -2.44. The van der Waals surface area contributed by atoms with Crippen LogP contribution in [0.25, 0.3) is 0 Å². The average molecular weight is 463 g/mol. The average Bonchev–Trinajstić information content (AvgIpc) is 3.35. The number of hydrogen-bond donors (Lipinski definition) is 1. The Labute approximate surface area is 198 Å². The van der Waals surface area contributed by atoms with Crippen molar-refractivity contribution in [3.8, 4) is 0 Å². The number of anilines is 1. The number of nitrogens with zero attached hydrogens (tertiary/aromatic N) is 3. The molecule has 1 atom stereocenters. The van der Waals surface area contributed by atoms with E-state index in [9.17, 15) is 14.4 Å². The van der Waals surface area contributed by atoms with Crippen LogP contribution in [0.2, 0.25) is 0 Å². The van der Waals surface area contributed by atoms with Crippen LogP contribution < -0.4 is 17.0 Å². The highest BCUT2D eigenvalue weighted by atomic mass is 16.5. The molecule has 0 radical (unpaired) electrons. The first-order valence-corrected chi connectivity index (χ1v) is 11.5. The highest BCUT2D eigenvalue weighted by Gasteiger charge is 2.26. The Hall–Kier alpha value is -3.49. The van der Waals surface area contributed by atoms with Gasteiger partial charge in [0, 0.05) is 26.7 Å². The van der Waals surface area contributed by atoms with Gasteiger partial charge in [-0.1, -0.05) is 60.7 Å². The van der Waals surface area contributed by atoms with E-state index in [-0.39, 0.29) is 30.6 Å². The van der Waals surface area contributed by atoms with Gasteiger partial charge in [0.15, 0.2) is 5.78 Å². The van der Waals surface area contributed by atoms with Gasteiger partial charge < -0.3 is 10.5 Å². The van der Waals surface area contributed by atoms with Gasteiger partial charge in [0.2, 0.25) is 0 Å². The van der Waals surface area contributed by atoms with E-state index in [2.05, 4.69) is 0 Å². The Balaban J connectivity index is 1.64. The summed E-state index contributed by atoms with van der Waals surface area (Å²) in [5, 5.41) is 0.